The van der Waals surface area contributed by atoms with Crippen LogP contribution >= 0.6 is 23.2 Å². The van der Waals surface area contributed by atoms with Crippen LogP contribution in [-0.4, -0.2) is 5.11 Å². The van der Waals surface area contributed by atoms with E-state index < -0.39 is 0 Å². The van der Waals surface area contributed by atoms with Gasteiger partial charge in [-0.2, -0.15) is 0 Å². The highest BCUT2D eigenvalue weighted by atomic mass is 35.5. The van der Waals surface area contributed by atoms with Crippen molar-refractivity contribution in [1.29, 1.82) is 0 Å². The van der Waals surface area contributed by atoms with Gasteiger partial charge in [0.1, 0.15) is 5.75 Å². The van der Waals surface area contributed by atoms with Gasteiger partial charge in [-0.25, -0.2) is 0 Å². The second-order valence-corrected chi connectivity index (χ2v) is 4.39. The molecule has 0 heterocycles. The number of hydrogen-bond acceptors (Lipinski definition) is 1. The Morgan fingerprint density at radius 1 is 1.00 bits per heavy atom. The minimum absolute atomic E-state index is 0.0820. The number of hydrogen-bond donors (Lipinski definition) is 1. The van der Waals surface area contributed by atoms with Crippen LogP contribution in [0.5, 0.6) is 5.75 Å². The van der Waals surface area contributed by atoms with Crippen LogP contribution in [-0.2, 0) is 0 Å². The molecule has 2 aromatic carbocycles. The van der Waals surface area contributed by atoms with Crippen LogP contribution in [0.4, 0.5) is 0 Å². The first-order chi connectivity index (χ1) is 7.59. The first-order valence-corrected chi connectivity index (χ1v) is 5.59. The van der Waals surface area contributed by atoms with Gasteiger partial charge in [0.25, 0.3) is 0 Å². The molecule has 0 unspecified atom stereocenters. The van der Waals surface area contributed by atoms with Gasteiger partial charge in [-0.05, 0) is 41.8 Å². The summed E-state index contributed by atoms with van der Waals surface area (Å²) in [5.41, 5.74) is 2.90. The van der Waals surface area contributed by atoms with Gasteiger partial charge in [0, 0.05) is 5.02 Å². The van der Waals surface area contributed by atoms with Gasteiger partial charge in [0.2, 0.25) is 0 Å². The van der Waals surface area contributed by atoms with E-state index in [2.05, 4.69) is 0 Å². The highest BCUT2D eigenvalue weighted by molar-refractivity contribution is 6.32. The monoisotopic (exact) mass is 252 g/mol. The second-order valence-electron chi connectivity index (χ2n) is 3.58. The molecule has 0 amide bonds. The Morgan fingerprint density at radius 2 is 1.75 bits per heavy atom. The molecule has 0 aliphatic carbocycles. The molecule has 0 aromatic heterocycles. The Morgan fingerprint density at radius 3 is 2.44 bits per heavy atom. The van der Waals surface area contributed by atoms with E-state index in [1.807, 2.05) is 31.2 Å². The molecule has 0 bridgehead atoms. The van der Waals surface area contributed by atoms with Crippen molar-refractivity contribution in [1.82, 2.24) is 0 Å². The fourth-order valence-electron chi connectivity index (χ4n) is 1.60. The van der Waals surface area contributed by atoms with E-state index in [4.69, 9.17) is 23.2 Å². The Kier molecular flexibility index (Phi) is 3.08. The number of aromatic hydroxyl groups is 1. The highest BCUT2D eigenvalue weighted by Gasteiger charge is 2.06. The van der Waals surface area contributed by atoms with Gasteiger partial charge >= 0.3 is 0 Å². The van der Waals surface area contributed by atoms with Crippen LogP contribution in [0.3, 0.4) is 0 Å². The van der Waals surface area contributed by atoms with Crippen LogP contribution in [0.25, 0.3) is 11.1 Å². The number of benzene rings is 2. The van der Waals surface area contributed by atoms with Crippen molar-refractivity contribution in [3.63, 3.8) is 0 Å². The molecule has 0 spiro atoms. The first kappa shape index (κ1) is 11.3. The minimum atomic E-state index is 0.0820. The van der Waals surface area contributed by atoms with Crippen LogP contribution in [0.2, 0.25) is 10.0 Å². The zero-order chi connectivity index (χ0) is 11.7. The quantitative estimate of drug-likeness (QED) is 0.782. The molecule has 2 rings (SSSR count). The van der Waals surface area contributed by atoms with E-state index in [0.717, 1.165) is 16.7 Å². The molecule has 0 saturated carbocycles. The predicted octanol–water partition coefficient (Wildman–Crippen LogP) is 4.67. The average molecular weight is 253 g/mol. The fraction of sp³-hybridized carbons (Fsp3) is 0.0769. The zero-order valence-electron chi connectivity index (χ0n) is 8.67. The maximum atomic E-state index is 9.56. The van der Waals surface area contributed by atoms with Crippen LogP contribution in [0, 0.1) is 6.92 Å². The molecule has 2 aromatic rings. The Bertz CT molecular complexity index is 535. The van der Waals surface area contributed by atoms with Crippen molar-refractivity contribution < 1.29 is 5.11 Å². The number of phenolic OH excluding ortho intramolecular Hbond substituents is 1. The van der Waals surface area contributed by atoms with Crippen molar-refractivity contribution in [2.45, 2.75) is 6.92 Å². The Balaban J connectivity index is 2.59. The van der Waals surface area contributed by atoms with Crippen LogP contribution < -0.4 is 0 Å². The van der Waals surface area contributed by atoms with E-state index in [1.54, 1.807) is 12.1 Å². The molecule has 82 valence electrons. The Labute approximate surface area is 104 Å². The van der Waals surface area contributed by atoms with Crippen molar-refractivity contribution in [3.05, 3.63) is 52.0 Å². The van der Waals surface area contributed by atoms with Gasteiger partial charge in [0.15, 0.2) is 0 Å². The van der Waals surface area contributed by atoms with E-state index in [-0.39, 0.29) is 5.75 Å². The SMILES string of the molecule is Cc1c(Cl)cccc1-c1ccc(Cl)c(O)c1. The molecule has 0 aliphatic heterocycles. The Hall–Kier alpha value is -1.18. The summed E-state index contributed by atoms with van der Waals surface area (Å²) in [6.45, 7) is 1.95. The maximum absolute atomic E-state index is 9.56. The minimum Gasteiger partial charge on any atom is -0.506 e. The van der Waals surface area contributed by atoms with E-state index in [0.29, 0.717) is 10.0 Å². The largest absolute Gasteiger partial charge is 0.506 e. The lowest BCUT2D eigenvalue weighted by atomic mass is 10.0. The maximum Gasteiger partial charge on any atom is 0.134 e. The number of phenols is 1. The van der Waals surface area contributed by atoms with E-state index in [1.165, 1.54) is 0 Å². The third kappa shape index (κ3) is 2.01. The molecule has 0 saturated heterocycles. The molecule has 1 nitrogen and oxygen atoms in total. The van der Waals surface area contributed by atoms with Crippen molar-refractivity contribution in [2.24, 2.45) is 0 Å². The van der Waals surface area contributed by atoms with Crippen molar-refractivity contribution in [2.75, 3.05) is 0 Å². The summed E-state index contributed by atoms with van der Waals surface area (Å²) in [5, 5.41) is 10.6. The first-order valence-electron chi connectivity index (χ1n) is 4.83. The predicted molar refractivity (Wildman–Crippen MR) is 68.3 cm³/mol. The molecule has 1 N–H and O–H groups in total. The molecule has 0 atom stereocenters. The summed E-state index contributed by atoms with van der Waals surface area (Å²) in [6, 6.07) is 10.9. The standard InChI is InChI=1S/C13H10Cl2O/c1-8-10(3-2-4-11(8)14)9-5-6-12(15)13(16)7-9/h2-7,16H,1H3. The van der Waals surface area contributed by atoms with Crippen molar-refractivity contribution in [3.8, 4) is 16.9 Å². The highest BCUT2D eigenvalue weighted by Crippen LogP contribution is 2.33. The van der Waals surface area contributed by atoms with Gasteiger partial charge < -0.3 is 5.11 Å². The van der Waals surface area contributed by atoms with Gasteiger partial charge in [0.05, 0.1) is 5.02 Å². The molecular weight excluding hydrogens is 243 g/mol. The third-order valence-corrected chi connectivity index (χ3v) is 3.25. The van der Waals surface area contributed by atoms with Gasteiger partial charge in [-0.3, -0.25) is 0 Å². The van der Waals surface area contributed by atoms with Crippen molar-refractivity contribution >= 4 is 23.2 Å². The van der Waals surface area contributed by atoms with E-state index in [9.17, 15) is 5.11 Å². The molecule has 3 heteroatoms. The fourth-order valence-corrected chi connectivity index (χ4v) is 1.89. The van der Waals surface area contributed by atoms with E-state index >= 15 is 0 Å². The lowest BCUT2D eigenvalue weighted by molar-refractivity contribution is 0.476. The normalized spacial score (nSPS) is 10.4. The molecule has 0 fully saturated rings. The molecular formula is C13H10Cl2O. The van der Waals surface area contributed by atoms with Gasteiger partial charge in [-0.15, -0.1) is 0 Å². The summed E-state index contributed by atoms with van der Waals surface area (Å²) in [4.78, 5) is 0. The summed E-state index contributed by atoms with van der Waals surface area (Å²) in [5.74, 6) is 0.0820. The summed E-state index contributed by atoms with van der Waals surface area (Å²) >= 11 is 11.8. The average Bonchev–Trinajstić information content (AvgIpc) is 2.26. The topological polar surface area (TPSA) is 20.2 Å². The van der Waals surface area contributed by atoms with Gasteiger partial charge in [-0.1, -0.05) is 41.4 Å². The number of rotatable bonds is 1. The summed E-state index contributed by atoms with van der Waals surface area (Å²) in [6.07, 6.45) is 0. The second kappa shape index (κ2) is 4.36. The lowest BCUT2D eigenvalue weighted by Crippen LogP contribution is -1.84. The van der Waals surface area contributed by atoms with Crippen LogP contribution in [0.15, 0.2) is 36.4 Å². The summed E-state index contributed by atoms with van der Waals surface area (Å²) in [7, 11) is 0. The zero-order valence-corrected chi connectivity index (χ0v) is 10.2. The molecule has 0 radical (unpaired) electrons. The smallest absolute Gasteiger partial charge is 0.134 e. The molecule has 16 heavy (non-hydrogen) atoms. The lowest BCUT2D eigenvalue weighted by Gasteiger charge is -2.08. The summed E-state index contributed by atoms with van der Waals surface area (Å²) < 4.78 is 0. The van der Waals surface area contributed by atoms with Crippen LogP contribution in [0.1, 0.15) is 5.56 Å². The number of halogens is 2. The third-order valence-electron chi connectivity index (χ3n) is 2.52. The molecule has 0 aliphatic rings.